The molecular formula is C25H26N2O3S. The van der Waals surface area contributed by atoms with Gasteiger partial charge in [0.1, 0.15) is 6.61 Å². The number of aryl methyl sites for hydroxylation is 1. The number of nitrogens with zero attached hydrogens (tertiary/aromatic N) is 1. The second-order valence-electron chi connectivity index (χ2n) is 6.81. The summed E-state index contributed by atoms with van der Waals surface area (Å²) in [6, 6.07) is 23.6. The number of hydrogen-bond acceptors (Lipinski definition) is 5. The maximum atomic E-state index is 12.0. The molecule has 0 fully saturated rings. The van der Waals surface area contributed by atoms with Gasteiger partial charge in [-0.2, -0.15) is 5.10 Å². The van der Waals surface area contributed by atoms with Crippen LogP contribution in [0.5, 0.6) is 11.5 Å². The van der Waals surface area contributed by atoms with Crippen molar-refractivity contribution in [2.24, 2.45) is 5.10 Å². The minimum Gasteiger partial charge on any atom is -0.490 e. The van der Waals surface area contributed by atoms with E-state index < -0.39 is 0 Å². The Balaban J connectivity index is 1.53. The van der Waals surface area contributed by atoms with Gasteiger partial charge in [0.05, 0.1) is 18.6 Å². The van der Waals surface area contributed by atoms with Crippen molar-refractivity contribution in [1.82, 2.24) is 5.43 Å². The van der Waals surface area contributed by atoms with Crippen LogP contribution in [0.1, 0.15) is 23.6 Å². The molecule has 0 saturated carbocycles. The van der Waals surface area contributed by atoms with Gasteiger partial charge in [-0.1, -0.05) is 48.0 Å². The van der Waals surface area contributed by atoms with Crippen molar-refractivity contribution in [2.45, 2.75) is 25.3 Å². The molecule has 0 aliphatic rings. The fraction of sp³-hybridized carbons (Fsp3) is 0.200. The Labute approximate surface area is 187 Å². The van der Waals surface area contributed by atoms with Crippen LogP contribution in [-0.4, -0.2) is 24.5 Å². The molecule has 0 atom stereocenters. The number of rotatable bonds is 10. The molecule has 0 aliphatic carbocycles. The van der Waals surface area contributed by atoms with Crippen LogP contribution in [0.2, 0.25) is 0 Å². The quantitative estimate of drug-likeness (QED) is 0.270. The Kier molecular flexibility index (Phi) is 8.55. The molecule has 160 valence electrons. The van der Waals surface area contributed by atoms with Gasteiger partial charge in [0.25, 0.3) is 0 Å². The van der Waals surface area contributed by atoms with Crippen LogP contribution in [0, 0.1) is 6.92 Å². The van der Waals surface area contributed by atoms with E-state index >= 15 is 0 Å². The summed E-state index contributed by atoms with van der Waals surface area (Å²) < 4.78 is 11.6. The Morgan fingerprint density at radius 3 is 2.52 bits per heavy atom. The number of hydrogen-bond donors (Lipinski definition) is 1. The van der Waals surface area contributed by atoms with Crippen LogP contribution in [0.25, 0.3) is 0 Å². The van der Waals surface area contributed by atoms with E-state index in [2.05, 4.69) is 10.5 Å². The summed E-state index contributed by atoms with van der Waals surface area (Å²) in [4.78, 5) is 13.1. The number of hydrazone groups is 1. The number of ether oxygens (including phenoxy) is 2. The third-order valence-corrected chi connectivity index (χ3v) is 5.31. The fourth-order valence-corrected chi connectivity index (χ4v) is 3.41. The van der Waals surface area contributed by atoms with Gasteiger partial charge in [0.15, 0.2) is 11.5 Å². The maximum absolute atomic E-state index is 12.0. The minimum absolute atomic E-state index is 0.158. The third-order valence-electron chi connectivity index (χ3n) is 4.30. The van der Waals surface area contributed by atoms with Gasteiger partial charge < -0.3 is 9.47 Å². The number of carbonyl (C=O) groups is 1. The van der Waals surface area contributed by atoms with Crippen molar-refractivity contribution >= 4 is 23.9 Å². The lowest BCUT2D eigenvalue weighted by Crippen LogP contribution is -2.19. The van der Waals surface area contributed by atoms with Crippen LogP contribution in [-0.2, 0) is 11.4 Å². The van der Waals surface area contributed by atoms with Gasteiger partial charge in [0, 0.05) is 4.90 Å². The highest BCUT2D eigenvalue weighted by atomic mass is 32.2. The molecule has 31 heavy (non-hydrogen) atoms. The first-order chi connectivity index (χ1) is 15.1. The van der Waals surface area contributed by atoms with Crippen molar-refractivity contribution in [3.8, 4) is 11.5 Å². The van der Waals surface area contributed by atoms with Crippen LogP contribution in [0.4, 0.5) is 0 Å². The van der Waals surface area contributed by atoms with Gasteiger partial charge in [-0.25, -0.2) is 5.43 Å². The molecule has 0 saturated heterocycles. The molecule has 5 nitrogen and oxygen atoms in total. The second kappa shape index (κ2) is 11.8. The van der Waals surface area contributed by atoms with Crippen LogP contribution < -0.4 is 14.9 Å². The lowest BCUT2D eigenvalue weighted by Gasteiger charge is -2.12. The van der Waals surface area contributed by atoms with E-state index in [-0.39, 0.29) is 5.91 Å². The molecule has 0 bridgehead atoms. The first-order valence-electron chi connectivity index (χ1n) is 10.1. The molecule has 0 unspecified atom stereocenters. The van der Waals surface area contributed by atoms with Crippen LogP contribution in [0.3, 0.4) is 0 Å². The van der Waals surface area contributed by atoms with E-state index in [1.807, 2.05) is 86.6 Å². The van der Waals surface area contributed by atoms with Gasteiger partial charge in [-0.15, -0.1) is 11.8 Å². The summed E-state index contributed by atoms with van der Waals surface area (Å²) >= 11 is 1.48. The Hall–Kier alpha value is -3.25. The molecule has 3 aromatic rings. The van der Waals surface area contributed by atoms with E-state index in [9.17, 15) is 4.79 Å². The summed E-state index contributed by atoms with van der Waals surface area (Å²) in [7, 11) is 0. The molecule has 1 N–H and O–H groups in total. The first kappa shape index (κ1) is 22.4. The lowest BCUT2D eigenvalue weighted by atomic mass is 10.2. The lowest BCUT2D eigenvalue weighted by molar-refractivity contribution is -0.118. The van der Waals surface area contributed by atoms with Crippen LogP contribution in [0.15, 0.2) is 82.8 Å². The normalized spacial score (nSPS) is 10.8. The van der Waals surface area contributed by atoms with E-state index in [0.717, 1.165) is 16.0 Å². The predicted molar refractivity (Wildman–Crippen MR) is 126 cm³/mol. The number of thioether (sulfide) groups is 1. The highest BCUT2D eigenvalue weighted by molar-refractivity contribution is 8.00. The van der Waals surface area contributed by atoms with Crippen molar-refractivity contribution < 1.29 is 14.3 Å². The largest absolute Gasteiger partial charge is 0.490 e. The van der Waals surface area contributed by atoms with Gasteiger partial charge in [-0.05, 0) is 55.3 Å². The van der Waals surface area contributed by atoms with Crippen molar-refractivity contribution in [3.05, 3.63) is 89.5 Å². The summed E-state index contributed by atoms with van der Waals surface area (Å²) in [6.45, 7) is 4.95. The highest BCUT2D eigenvalue weighted by Gasteiger charge is 2.07. The van der Waals surface area contributed by atoms with Crippen LogP contribution >= 0.6 is 11.8 Å². The summed E-state index contributed by atoms with van der Waals surface area (Å²) in [6.07, 6.45) is 1.60. The number of nitrogens with one attached hydrogen (secondary N) is 1. The average Bonchev–Trinajstić information content (AvgIpc) is 2.79. The molecule has 3 aromatic carbocycles. The van der Waals surface area contributed by atoms with Gasteiger partial charge >= 0.3 is 0 Å². The van der Waals surface area contributed by atoms with E-state index in [0.29, 0.717) is 30.5 Å². The zero-order valence-corrected chi connectivity index (χ0v) is 18.5. The molecular weight excluding hydrogens is 408 g/mol. The third kappa shape index (κ3) is 7.50. The zero-order chi connectivity index (χ0) is 21.9. The van der Waals surface area contributed by atoms with Gasteiger partial charge in [0.2, 0.25) is 5.91 Å². The van der Waals surface area contributed by atoms with E-state index in [4.69, 9.17) is 9.47 Å². The highest BCUT2D eigenvalue weighted by Crippen LogP contribution is 2.29. The Bertz CT molecular complexity index is 1010. The topological polar surface area (TPSA) is 59.9 Å². The smallest absolute Gasteiger partial charge is 0.250 e. The predicted octanol–water partition coefficient (Wildman–Crippen LogP) is 5.22. The van der Waals surface area contributed by atoms with E-state index in [1.165, 1.54) is 17.3 Å². The van der Waals surface area contributed by atoms with Gasteiger partial charge in [-0.3, -0.25) is 4.79 Å². The first-order valence-corrected chi connectivity index (χ1v) is 11.1. The minimum atomic E-state index is -0.158. The van der Waals surface area contributed by atoms with Crippen molar-refractivity contribution in [2.75, 3.05) is 12.4 Å². The maximum Gasteiger partial charge on any atom is 0.250 e. The number of amides is 1. The Morgan fingerprint density at radius 2 is 1.77 bits per heavy atom. The number of benzene rings is 3. The molecule has 0 radical (unpaired) electrons. The molecule has 0 spiro atoms. The monoisotopic (exact) mass is 434 g/mol. The molecule has 6 heteroatoms. The molecule has 1 amide bonds. The molecule has 0 aromatic heterocycles. The molecule has 3 rings (SSSR count). The van der Waals surface area contributed by atoms with E-state index in [1.54, 1.807) is 6.21 Å². The van der Waals surface area contributed by atoms with Crippen molar-refractivity contribution in [1.29, 1.82) is 0 Å². The second-order valence-corrected chi connectivity index (χ2v) is 7.86. The molecule has 0 aliphatic heterocycles. The number of carbonyl (C=O) groups excluding carboxylic acids is 1. The van der Waals surface area contributed by atoms with Crippen molar-refractivity contribution in [3.63, 3.8) is 0 Å². The Morgan fingerprint density at radius 1 is 1.00 bits per heavy atom. The summed E-state index contributed by atoms with van der Waals surface area (Å²) in [5, 5.41) is 4.06. The SMILES string of the molecule is CCOc1cc(/C=N\NC(=O)CSc2ccc(C)cc2)ccc1OCc1ccccc1. The average molecular weight is 435 g/mol. The molecule has 0 heterocycles. The zero-order valence-electron chi connectivity index (χ0n) is 17.7. The standard InChI is InChI=1S/C25H26N2O3S/c1-3-29-24-15-21(11-14-23(24)30-17-20-7-5-4-6-8-20)16-26-27-25(28)18-31-22-12-9-19(2)10-13-22/h4-16H,3,17-18H2,1-2H3,(H,27,28)/b26-16-. The fourth-order valence-electron chi connectivity index (χ4n) is 2.72. The summed E-state index contributed by atoms with van der Waals surface area (Å²) in [5.74, 6) is 1.45. The summed E-state index contributed by atoms with van der Waals surface area (Å²) in [5.41, 5.74) is 5.65.